The zero-order valence-electron chi connectivity index (χ0n) is 33.8. The van der Waals surface area contributed by atoms with Gasteiger partial charge in [-0.25, -0.2) is 4.39 Å². The van der Waals surface area contributed by atoms with Crippen molar-refractivity contribution in [2.45, 2.75) is 62.7 Å². The first-order valence-corrected chi connectivity index (χ1v) is 21.6. The second-order valence-electron chi connectivity index (χ2n) is 16.5. The van der Waals surface area contributed by atoms with E-state index in [1.54, 1.807) is 0 Å². The Kier molecular flexibility index (Phi) is 12.3. The monoisotopic (exact) mass is 779 g/mol. The molecule has 6 heteroatoms. The van der Waals surface area contributed by atoms with Crippen molar-refractivity contribution in [2.75, 3.05) is 26.2 Å². The van der Waals surface area contributed by atoms with Crippen LogP contribution in [0.4, 0.5) is 4.39 Å². The largest absolute Gasteiger partial charge is 0.294 e. The molecule has 6 aliphatic rings. The number of piperidine rings is 6. The normalized spacial score (nSPS) is 24.7. The number of nitrogens with zero attached hydrogens (tertiary/aromatic N) is 5. The molecule has 4 bridgehead atoms. The van der Waals surface area contributed by atoms with E-state index in [0.717, 1.165) is 24.3 Å². The van der Waals surface area contributed by atoms with Gasteiger partial charge in [0.15, 0.2) is 0 Å². The summed E-state index contributed by atoms with van der Waals surface area (Å²) >= 11 is 0. The fourth-order valence-electron chi connectivity index (χ4n) is 10.2. The van der Waals surface area contributed by atoms with Crippen LogP contribution < -0.4 is 0 Å². The minimum atomic E-state index is -0.194. The van der Waals surface area contributed by atoms with Gasteiger partial charge in [0, 0.05) is 41.3 Å². The summed E-state index contributed by atoms with van der Waals surface area (Å²) in [6.45, 7) is 5.92. The SMILES string of the molecule is Fc1ccc(CN=C2C3CCN(CC3)C2C(c2ccccc2)c2ccccc2)cc1.c1ccc(C(c2ccccc2)C2C(=NCc3ccccn3)C3CCN2CC3)cc1. The Morgan fingerprint density at radius 3 is 1.25 bits per heavy atom. The average molecular weight is 780 g/mol. The number of fused-ring (bicyclic) bond motifs is 6. The van der Waals surface area contributed by atoms with Crippen LogP contribution >= 0.6 is 0 Å². The van der Waals surface area contributed by atoms with E-state index in [1.807, 2.05) is 30.5 Å². The maximum atomic E-state index is 13.3. The highest BCUT2D eigenvalue weighted by Crippen LogP contribution is 2.42. The van der Waals surface area contributed by atoms with Crippen molar-refractivity contribution in [2.24, 2.45) is 21.8 Å². The van der Waals surface area contributed by atoms with E-state index in [2.05, 4.69) is 142 Å². The van der Waals surface area contributed by atoms with Gasteiger partial charge in [0.2, 0.25) is 0 Å². The molecular weight excluding hydrogens is 726 g/mol. The van der Waals surface area contributed by atoms with E-state index >= 15 is 0 Å². The minimum Gasteiger partial charge on any atom is -0.294 e. The molecule has 59 heavy (non-hydrogen) atoms. The van der Waals surface area contributed by atoms with Crippen molar-refractivity contribution >= 4 is 11.4 Å². The van der Waals surface area contributed by atoms with Gasteiger partial charge in [-0.3, -0.25) is 24.8 Å². The molecule has 2 atom stereocenters. The van der Waals surface area contributed by atoms with Crippen molar-refractivity contribution in [1.29, 1.82) is 0 Å². The maximum Gasteiger partial charge on any atom is 0.123 e. The van der Waals surface area contributed by atoms with Gasteiger partial charge in [0.05, 0.1) is 30.9 Å². The van der Waals surface area contributed by atoms with Crippen LogP contribution in [0.2, 0.25) is 0 Å². The lowest BCUT2D eigenvalue weighted by molar-refractivity contribution is 0.135. The Labute approximate surface area is 349 Å². The molecule has 0 radical (unpaired) electrons. The molecule has 2 unspecified atom stereocenters. The van der Waals surface area contributed by atoms with Gasteiger partial charge in [0.1, 0.15) is 5.82 Å². The molecule has 6 saturated heterocycles. The first-order valence-electron chi connectivity index (χ1n) is 21.6. The highest BCUT2D eigenvalue weighted by atomic mass is 19.1. The second-order valence-corrected chi connectivity index (χ2v) is 16.5. The Hall–Kier alpha value is -5.56. The summed E-state index contributed by atoms with van der Waals surface area (Å²) in [7, 11) is 0. The molecule has 7 heterocycles. The lowest BCUT2D eigenvalue weighted by Gasteiger charge is -2.49. The highest BCUT2D eigenvalue weighted by molar-refractivity contribution is 5.95. The van der Waals surface area contributed by atoms with E-state index in [1.165, 1.54) is 84.6 Å². The van der Waals surface area contributed by atoms with Gasteiger partial charge in [0.25, 0.3) is 0 Å². The van der Waals surface area contributed by atoms with Crippen LogP contribution in [-0.4, -0.2) is 64.5 Å². The molecule has 6 aromatic rings. The first kappa shape index (κ1) is 38.9. The highest BCUT2D eigenvalue weighted by Gasteiger charge is 2.45. The summed E-state index contributed by atoms with van der Waals surface area (Å²) in [5, 5.41) is 0. The van der Waals surface area contributed by atoms with Crippen molar-refractivity contribution < 1.29 is 4.39 Å². The third-order valence-corrected chi connectivity index (χ3v) is 13.1. The third kappa shape index (κ3) is 8.90. The minimum absolute atomic E-state index is 0.194. The molecule has 12 rings (SSSR count). The van der Waals surface area contributed by atoms with Crippen molar-refractivity contribution in [3.63, 3.8) is 0 Å². The summed E-state index contributed by atoms with van der Waals surface area (Å²) in [5.41, 5.74) is 10.3. The van der Waals surface area contributed by atoms with Crippen LogP contribution in [0.1, 0.15) is 71.0 Å². The van der Waals surface area contributed by atoms with E-state index in [4.69, 9.17) is 9.98 Å². The van der Waals surface area contributed by atoms with E-state index in [0.29, 0.717) is 36.9 Å². The standard InChI is InChI=1S/C27H27FN2.C26H27N3/c28-24-13-11-20(12-14-24)19-29-26-23-15-17-30(18-16-23)27(26)25(21-7-3-1-4-8-21)22-9-5-2-6-10-22;1-3-9-20(10-4-1)24(21-11-5-2-6-12-21)26-25(22-14-17-29(26)18-15-22)28-19-23-13-7-8-16-27-23/h1-14,23,25,27H,15-19H2;1-13,16,22,24,26H,14-15,17-19H2. The molecular formula is C53H54FN5. The molecule has 0 N–H and O–H groups in total. The van der Waals surface area contributed by atoms with Crippen molar-refractivity contribution in [3.8, 4) is 0 Å². The maximum absolute atomic E-state index is 13.3. The van der Waals surface area contributed by atoms with Crippen LogP contribution in [0.5, 0.6) is 0 Å². The van der Waals surface area contributed by atoms with Gasteiger partial charge in [-0.15, -0.1) is 0 Å². The topological polar surface area (TPSA) is 44.1 Å². The number of halogens is 1. The average Bonchev–Trinajstić information content (AvgIpc) is 3.31. The molecule has 0 aliphatic carbocycles. The quantitative estimate of drug-likeness (QED) is 0.139. The number of aromatic nitrogens is 1. The van der Waals surface area contributed by atoms with Crippen LogP contribution in [0, 0.1) is 17.7 Å². The smallest absolute Gasteiger partial charge is 0.123 e. The van der Waals surface area contributed by atoms with Gasteiger partial charge in [-0.2, -0.15) is 0 Å². The lowest BCUT2D eigenvalue weighted by atomic mass is 9.72. The van der Waals surface area contributed by atoms with Crippen LogP contribution in [0.15, 0.2) is 180 Å². The fraction of sp³-hybridized carbons (Fsp3) is 0.302. The molecule has 0 saturated carbocycles. The summed E-state index contributed by atoms with van der Waals surface area (Å²) in [5.74, 6) is 1.53. The number of benzene rings is 5. The Balaban J connectivity index is 0.000000152. The number of aliphatic imine (C=N–C) groups is 2. The molecule has 5 nitrogen and oxygen atoms in total. The van der Waals surface area contributed by atoms with Crippen LogP contribution in [-0.2, 0) is 13.1 Å². The summed E-state index contributed by atoms with van der Waals surface area (Å²) in [4.78, 5) is 20.2. The first-order chi connectivity index (χ1) is 29.2. The van der Waals surface area contributed by atoms with E-state index in [-0.39, 0.29) is 17.8 Å². The molecule has 0 amide bonds. The van der Waals surface area contributed by atoms with E-state index < -0.39 is 0 Å². The van der Waals surface area contributed by atoms with Gasteiger partial charge < -0.3 is 0 Å². The predicted octanol–water partition coefficient (Wildman–Crippen LogP) is 10.6. The van der Waals surface area contributed by atoms with Crippen molar-refractivity contribution in [3.05, 3.63) is 209 Å². The number of hydrogen-bond acceptors (Lipinski definition) is 5. The number of rotatable bonds is 10. The van der Waals surface area contributed by atoms with Gasteiger partial charge >= 0.3 is 0 Å². The lowest BCUT2D eigenvalue weighted by Crippen LogP contribution is -2.58. The second kappa shape index (κ2) is 18.6. The Morgan fingerprint density at radius 2 is 0.864 bits per heavy atom. The van der Waals surface area contributed by atoms with Gasteiger partial charge in [-0.05, 0) is 104 Å². The zero-order valence-corrected chi connectivity index (χ0v) is 33.8. The molecule has 298 valence electrons. The van der Waals surface area contributed by atoms with Crippen molar-refractivity contribution in [1.82, 2.24) is 14.8 Å². The molecule has 6 fully saturated rings. The molecule has 6 aliphatic heterocycles. The van der Waals surface area contributed by atoms with E-state index in [9.17, 15) is 4.39 Å². The molecule has 0 spiro atoms. The Morgan fingerprint density at radius 1 is 0.475 bits per heavy atom. The van der Waals surface area contributed by atoms with Gasteiger partial charge in [-0.1, -0.05) is 140 Å². The van der Waals surface area contributed by atoms with Crippen LogP contribution in [0.3, 0.4) is 0 Å². The molecule has 5 aromatic carbocycles. The zero-order chi connectivity index (χ0) is 39.8. The number of hydrogen-bond donors (Lipinski definition) is 0. The predicted molar refractivity (Wildman–Crippen MR) is 239 cm³/mol. The fourth-order valence-corrected chi connectivity index (χ4v) is 10.2. The summed E-state index contributed by atoms with van der Waals surface area (Å²) in [6, 6.07) is 57.1. The van der Waals surface area contributed by atoms with Crippen LogP contribution in [0.25, 0.3) is 0 Å². The number of pyridine rings is 1. The third-order valence-electron chi connectivity index (χ3n) is 13.1. The summed E-state index contributed by atoms with van der Waals surface area (Å²) in [6.07, 6.45) is 6.70. The molecule has 1 aromatic heterocycles. The Bertz CT molecular complexity index is 2190. The summed E-state index contributed by atoms with van der Waals surface area (Å²) < 4.78 is 13.3.